The number of nitrogens with zero attached hydrogens (tertiary/aromatic N) is 3. The highest BCUT2D eigenvalue weighted by molar-refractivity contribution is 14.0. The first-order valence-electron chi connectivity index (χ1n) is 9.64. The minimum atomic E-state index is 0. The molecule has 2 unspecified atom stereocenters. The molecule has 150 valence electrons. The number of hydrogen-bond donors (Lipinski definition) is 3. The minimum Gasteiger partial charge on any atom is -0.461 e. The number of aromatic amines is 1. The second-order valence-corrected chi connectivity index (χ2v) is 7.35. The summed E-state index contributed by atoms with van der Waals surface area (Å²) in [6.45, 7) is 8.29. The smallest absolute Gasteiger partial charge is 0.216 e. The molecule has 0 aliphatic heterocycles. The summed E-state index contributed by atoms with van der Waals surface area (Å²) in [7, 11) is 0. The Morgan fingerprint density at radius 3 is 2.74 bits per heavy atom. The molecule has 2 aromatic rings. The van der Waals surface area contributed by atoms with Gasteiger partial charge in [-0.05, 0) is 50.2 Å². The van der Waals surface area contributed by atoms with E-state index in [9.17, 15) is 0 Å². The van der Waals surface area contributed by atoms with Gasteiger partial charge in [0.05, 0.1) is 6.26 Å². The third-order valence-electron chi connectivity index (χ3n) is 4.76. The highest BCUT2D eigenvalue weighted by Gasteiger charge is 2.24. The molecular weight excluding hydrogens is 455 g/mol. The standard InChI is InChI=1S/C19H30N6O.HI/c1-4-20-19(22-15-11-13(2)10-14(3)12-15)21-8-7-17-23-18(25-24-17)16-6-5-9-26-16;/h5-6,9,13-15H,4,7-8,10-12H2,1-3H3,(H2,20,21,22)(H,23,24,25);1H. The lowest BCUT2D eigenvalue weighted by molar-refractivity contribution is 0.255. The van der Waals surface area contributed by atoms with Crippen LogP contribution in [-0.4, -0.2) is 40.3 Å². The van der Waals surface area contributed by atoms with E-state index in [0.717, 1.165) is 30.2 Å². The number of guanidine groups is 1. The summed E-state index contributed by atoms with van der Waals surface area (Å²) in [5.74, 6) is 4.51. The van der Waals surface area contributed by atoms with Gasteiger partial charge in [0, 0.05) is 25.6 Å². The van der Waals surface area contributed by atoms with Crippen LogP contribution in [0.4, 0.5) is 0 Å². The third kappa shape index (κ3) is 6.51. The fourth-order valence-corrected chi connectivity index (χ4v) is 3.77. The number of nitrogens with one attached hydrogen (secondary N) is 3. The van der Waals surface area contributed by atoms with Crippen LogP contribution in [0.1, 0.15) is 45.9 Å². The summed E-state index contributed by atoms with van der Waals surface area (Å²) in [5.41, 5.74) is 0. The molecule has 27 heavy (non-hydrogen) atoms. The van der Waals surface area contributed by atoms with Crippen molar-refractivity contribution in [2.24, 2.45) is 16.8 Å². The number of furan rings is 1. The summed E-state index contributed by atoms with van der Waals surface area (Å²) in [5, 5.41) is 14.1. The molecule has 1 aliphatic rings. The summed E-state index contributed by atoms with van der Waals surface area (Å²) in [4.78, 5) is 9.17. The van der Waals surface area contributed by atoms with Crippen LogP contribution in [0.2, 0.25) is 0 Å². The average molecular weight is 486 g/mol. The van der Waals surface area contributed by atoms with Crippen molar-refractivity contribution in [3.05, 3.63) is 24.2 Å². The molecule has 0 saturated heterocycles. The molecule has 0 radical (unpaired) electrons. The SMILES string of the molecule is CCNC(=NCCc1nc(-c2ccco2)n[nH]1)NC1CC(C)CC(C)C1.I. The lowest BCUT2D eigenvalue weighted by Crippen LogP contribution is -2.46. The van der Waals surface area contributed by atoms with E-state index < -0.39 is 0 Å². The van der Waals surface area contributed by atoms with Crippen LogP contribution >= 0.6 is 24.0 Å². The van der Waals surface area contributed by atoms with Gasteiger partial charge in [0.25, 0.3) is 0 Å². The lowest BCUT2D eigenvalue weighted by atomic mass is 9.80. The predicted molar refractivity (Wildman–Crippen MR) is 118 cm³/mol. The third-order valence-corrected chi connectivity index (χ3v) is 4.76. The number of aliphatic imine (C=N–C) groups is 1. The van der Waals surface area contributed by atoms with Crippen LogP contribution in [0.25, 0.3) is 11.6 Å². The number of halogens is 1. The van der Waals surface area contributed by atoms with Gasteiger partial charge >= 0.3 is 0 Å². The minimum absolute atomic E-state index is 0. The van der Waals surface area contributed by atoms with Crippen molar-refractivity contribution in [1.29, 1.82) is 0 Å². The van der Waals surface area contributed by atoms with Crippen molar-refractivity contribution in [2.75, 3.05) is 13.1 Å². The summed E-state index contributed by atoms with van der Waals surface area (Å²) >= 11 is 0. The number of H-pyrrole nitrogens is 1. The van der Waals surface area contributed by atoms with E-state index >= 15 is 0 Å². The van der Waals surface area contributed by atoms with Gasteiger partial charge in [-0.1, -0.05) is 13.8 Å². The summed E-state index contributed by atoms with van der Waals surface area (Å²) < 4.78 is 5.32. The van der Waals surface area contributed by atoms with Gasteiger partial charge in [-0.3, -0.25) is 10.1 Å². The summed E-state index contributed by atoms with van der Waals surface area (Å²) in [6.07, 6.45) is 6.08. The Labute approximate surface area is 178 Å². The number of rotatable bonds is 6. The molecule has 3 rings (SSSR count). The monoisotopic (exact) mass is 486 g/mol. The van der Waals surface area contributed by atoms with Gasteiger partial charge in [-0.15, -0.1) is 24.0 Å². The largest absolute Gasteiger partial charge is 0.461 e. The second-order valence-electron chi connectivity index (χ2n) is 7.35. The average Bonchev–Trinajstić information content (AvgIpc) is 3.25. The van der Waals surface area contributed by atoms with Crippen LogP contribution in [0.5, 0.6) is 0 Å². The van der Waals surface area contributed by atoms with Crippen LogP contribution < -0.4 is 10.6 Å². The Kier molecular flexibility index (Phi) is 8.59. The van der Waals surface area contributed by atoms with E-state index in [4.69, 9.17) is 9.41 Å². The zero-order chi connectivity index (χ0) is 18.4. The molecule has 1 aliphatic carbocycles. The Balaban J connectivity index is 0.00000261. The van der Waals surface area contributed by atoms with Gasteiger partial charge in [-0.2, -0.15) is 5.10 Å². The van der Waals surface area contributed by atoms with Crippen molar-refractivity contribution >= 4 is 29.9 Å². The van der Waals surface area contributed by atoms with Gasteiger partial charge < -0.3 is 15.1 Å². The number of aromatic nitrogens is 3. The molecule has 1 saturated carbocycles. The maximum Gasteiger partial charge on any atom is 0.216 e. The number of hydrogen-bond acceptors (Lipinski definition) is 4. The Bertz CT molecular complexity index is 689. The first-order chi connectivity index (χ1) is 12.6. The molecule has 3 N–H and O–H groups in total. The lowest BCUT2D eigenvalue weighted by Gasteiger charge is -2.32. The Morgan fingerprint density at radius 1 is 1.30 bits per heavy atom. The van der Waals surface area contributed by atoms with Crippen molar-refractivity contribution in [2.45, 2.75) is 52.5 Å². The van der Waals surface area contributed by atoms with Gasteiger partial charge in [0.2, 0.25) is 5.82 Å². The highest BCUT2D eigenvalue weighted by atomic mass is 127. The summed E-state index contributed by atoms with van der Waals surface area (Å²) in [6, 6.07) is 4.18. The first kappa shape index (κ1) is 21.7. The molecular formula is C19H31IN6O. The van der Waals surface area contributed by atoms with Crippen LogP contribution in [0, 0.1) is 11.8 Å². The van der Waals surface area contributed by atoms with Crippen LogP contribution in [0.3, 0.4) is 0 Å². The van der Waals surface area contributed by atoms with Crippen LogP contribution in [-0.2, 0) is 6.42 Å². The van der Waals surface area contributed by atoms with Gasteiger partial charge in [-0.25, -0.2) is 4.98 Å². The molecule has 0 bridgehead atoms. The van der Waals surface area contributed by atoms with Crippen molar-refractivity contribution < 1.29 is 4.42 Å². The van der Waals surface area contributed by atoms with Crippen LogP contribution in [0.15, 0.2) is 27.8 Å². The van der Waals surface area contributed by atoms with E-state index in [1.807, 2.05) is 12.1 Å². The fourth-order valence-electron chi connectivity index (χ4n) is 3.77. The second kappa shape index (κ2) is 10.7. The topological polar surface area (TPSA) is 91.1 Å². The maximum absolute atomic E-state index is 5.32. The Hall–Kier alpha value is -1.58. The molecule has 0 amide bonds. The zero-order valence-electron chi connectivity index (χ0n) is 16.4. The molecule has 8 heteroatoms. The van der Waals surface area contributed by atoms with E-state index in [0.29, 0.717) is 30.6 Å². The highest BCUT2D eigenvalue weighted by Crippen LogP contribution is 2.28. The maximum atomic E-state index is 5.32. The fraction of sp³-hybridized carbons (Fsp3) is 0.632. The van der Waals surface area contributed by atoms with Gasteiger partial charge in [0.15, 0.2) is 11.7 Å². The van der Waals surface area contributed by atoms with E-state index in [1.54, 1.807) is 6.26 Å². The molecule has 1 fully saturated rings. The normalized spacial score (nSPS) is 22.9. The molecule has 0 spiro atoms. The predicted octanol–water partition coefficient (Wildman–Crippen LogP) is 3.61. The van der Waals surface area contributed by atoms with E-state index in [-0.39, 0.29) is 24.0 Å². The zero-order valence-corrected chi connectivity index (χ0v) is 18.7. The molecule has 7 nitrogen and oxygen atoms in total. The molecule has 2 heterocycles. The molecule has 2 aromatic heterocycles. The van der Waals surface area contributed by atoms with Crippen molar-refractivity contribution in [3.63, 3.8) is 0 Å². The molecule has 0 aromatic carbocycles. The van der Waals surface area contributed by atoms with Crippen molar-refractivity contribution in [3.8, 4) is 11.6 Å². The Morgan fingerprint density at radius 2 is 2.07 bits per heavy atom. The van der Waals surface area contributed by atoms with Gasteiger partial charge in [0.1, 0.15) is 5.82 Å². The van der Waals surface area contributed by atoms with E-state index in [2.05, 4.69) is 46.6 Å². The molecule has 2 atom stereocenters. The van der Waals surface area contributed by atoms with Crippen molar-refractivity contribution in [1.82, 2.24) is 25.8 Å². The quantitative estimate of drug-likeness (QED) is 0.330. The first-order valence-corrected chi connectivity index (χ1v) is 9.64. The van der Waals surface area contributed by atoms with E-state index in [1.165, 1.54) is 19.3 Å².